The molecule has 1 spiro atoms. The normalized spacial score (nSPS) is 16.1. The fourth-order valence-electron chi connectivity index (χ4n) is 5.47. The molecule has 3 aromatic carbocycles. The maximum absolute atomic E-state index is 12.9. The van der Waals surface area contributed by atoms with E-state index >= 15 is 0 Å². The summed E-state index contributed by atoms with van der Waals surface area (Å²) in [4.78, 5) is 15.1. The first-order valence-electron chi connectivity index (χ1n) is 12.1. The zero-order valence-electron chi connectivity index (χ0n) is 19.9. The molecule has 1 aliphatic carbocycles. The fourth-order valence-corrected chi connectivity index (χ4v) is 5.47. The van der Waals surface area contributed by atoms with Gasteiger partial charge in [0.25, 0.3) is 0 Å². The van der Waals surface area contributed by atoms with E-state index in [0.717, 1.165) is 42.9 Å². The third kappa shape index (κ3) is 5.19. The Labute approximate surface area is 212 Å². The summed E-state index contributed by atoms with van der Waals surface area (Å²) in [5.74, 6) is -0.383. The van der Waals surface area contributed by atoms with Crippen LogP contribution in [-0.2, 0) is 5.41 Å². The van der Waals surface area contributed by atoms with Crippen LogP contribution in [0.5, 0.6) is 5.75 Å². The van der Waals surface area contributed by atoms with Crippen LogP contribution in [-0.4, -0.2) is 18.9 Å². The first kappa shape index (κ1) is 24.5. The molecule has 1 aliphatic heterocycles. The number of amides is 2. The minimum absolute atomic E-state index is 0.0580. The molecule has 9 heteroatoms. The van der Waals surface area contributed by atoms with E-state index in [1.165, 1.54) is 37.0 Å². The minimum Gasteiger partial charge on any atom is -0.406 e. The summed E-state index contributed by atoms with van der Waals surface area (Å²) in [6.07, 6.45) is 1.00. The Kier molecular flexibility index (Phi) is 6.42. The number of para-hydroxylation sites is 1. The average Bonchev–Trinajstić information content (AvgIpc) is 3.18. The van der Waals surface area contributed by atoms with Gasteiger partial charge in [0.15, 0.2) is 0 Å². The number of hydrogen-bond donors (Lipinski definition) is 2. The summed E-state index contributed by atoms with van der Waals surface area (Å²) in [5, 5.41) is 14.9. The van der Waals surface area contributed by atoms with Crippen molar-refractivity contribution < 1.29 is 22.7 Å². The molecule has 0 radical (unpaired) electrons. The summed E-state index contributed by atoms with van der Waals surface area (Å²) >= 11 is 0. The average molecular weight is 507 g/mol. The number of rotatable bonds is 4. The van der Waals surface area contributed by atoms with Crippen molar-refractivity contribution in [2.75, 3.05) is 22.1 Å². The topological polar surface area (TPSA) is 77.4 Å². The van der Waals surface area contributed by atoms with Gasteiger partial charge in [0.05, 0.1) is 23.0 Å². The molecule has 5 rings (SSSR count). The Hall–Kier alpha value is -4.19. The van der Waals surface area contributed by atoms with E-state index in [4.69, 9.17) is 0 Å². The maximum atomic E-state index is 12.9. The van der Waals surface area contributed by atoms with Gasteiger partial charge in [-0.3, -0.25) is 0 Å². The molecule has 0 unspecified atom stereocenters. The number of carbonyl (C=O) groups excluding carboxylic acids is 1. The van der Waals surface area contributed by atoms with Crippen molar-refractivity contribution >= 4 is 28.8 Å². The number of urea groups is 1. The SMILES string of the molecule is N#Cc1ccc(N2CC3(CCCCC3)c3ccccc32)c(NC(=O)Nc2ccc(OC(F)(F)F)cc2)c1. The molecule has 0 atom stereocenters. The van der Waals surface area contributed by atoms with Crippen LogP contribution in [0.15, 0.2) is 66.7 Å². The molecule has 190 valence electrons. The first-order chi connectivity index (χ1) is 17.8. The molecule has 2 N–H and O–H groups in total. The Morgan fingerprint density at radius 3 is 2.38 bits per heavy atom. The van der Waals surface area contributed by atoms with E-state index < -0.39 is 12.4 Å². The highest BCUT2D eigenvalue weighted by molar-refractivity contribution is 6.02. The summed E-state index contributed by atoms with van der Waals surface area (Å²) in [6, 6.07) is 20.0. The van der Waals surface area contributed by atoms with E-state index in [1.807, 2.05) is 12.1 Å². The van der Waals surface area contributed by atoms with Crippen molar-refractivity contribution in [1.29, 1.82) is 5.26 Å². The molecule has 1 fully saturated rings. The summed E-state index contributed by atoms with van der Waals surface area (Å²) in [6.45, 7) is 0.787. The van der Waals surface area contributed by atoms with Crippen LogP contribution < -0.4 is 20.3 Å². The van der Waals surface area contributed by atoms with Gasteiger partial charge in [-0.2, -0.15) is 5.26 Å². The molecule has 0 saturated heterocycles. The van der Waals surface area contributed by atoms with Crippen LogP contribution in [0.4, 0.5) is 40.7 Å². The zero-order chi connectivity index (χ0) is 26.0. The standard InChI is InChI=1S/C28H25F3N4O2/c29-28(30,31)37-21-11-9-20(10-12-21)33-26(36)34-23-16-19(17-32)8-13-25(23)35-18-27(14-4-1-5-15-27)22-6-2-3-7-24(22)35/h2-3,6-13,16H,1,4-5,14-15,18H2,(H2,33,34,36). The third-order valence-electron chi connectivity index (χ3n) is 7.05. The number of nitriles is 1. The van der Waals surface area contributed by atoms with Gasteiger partial charge < -0.3 is 20.3 Å². The van der Waals surface area contributed by atoms with Crippen LogP contribution in [0, 0.1) is 11.3 Å². The molecular weight excluding hydrogens is 481 g/mol. The van der Waals surface area contributed by atoms with Crippen LogP contribution in [0.3, 0.4) is 0 Å². The molecule has 0 bridgehead atoms. The lowest BCUT2D eigenvalue weighted by Gasteiger charge is -2.34. The molecule has 3 aromatic rings. The molecule has 0 aromatic heterocycles. The van der Waals surface area contributed by atoms with Crippen LogP contribution in [0.2, 0.25) is 0 Å². The van der Waals surface area contributed by atoms with Gasteiger partial charge in [0.1, 0.15) is 5.75 Å². The number of hydrogen-bond acceptors (Lipinski definition) is 4. The number of anilines is 4. The smallest absolute Gasteiger partial charge is 0.406 e. The van der Waals surface area contributed by atoms with Gasteiger partial charge in [-0.25, -0.2) is 4.79 Å². The predicted molar refractivity (Wildman–Crippen MR) is 135 cm³/mol. The number of nitrogens with one attached hydrogen (secondary N) is 2. The van der Waals surface area contributed by atoms with E-state index in [2.05, 4.69) is 44.5 Å². The number of alkyl halides is 3. The van der Waals surface area contributed by atoms with E-state index in [1.54, 1.807) is 12.1 Å². The van der Waals surface area contributed by atoms with Crippen molar-refractivity contribution in [3.63, 3.8) is 0 Å². The minimum atomic E-state index is -4.79. The van der Waals surface area contributed by atoms with Gasteiger partial charge in [0, 0.05) is 23.3 Å². The lowest BCUT2D eigenvalue weighted by Crippen LogP contribution is -2.34. The van der Waals surface area contributed by atoms with Crippen molar-refractivity contribution in [1.82, 2.24) is 0 Å². The number of benzene rings is 3. The maximum Gasteiger partial charge on any atom is 0.573 e. The second-order valence-corrected chi connectivity index (χ2v) is 9.44. The van der Waals surface area contributed by atoms with Crippen LogP contribution >= 0.6 is 0 Å². The Balaban J connectivity index is 1.40. The number of carbonyl (C=O) groups is 1. The van der Waals surface area contributed by atoms with E-state index in [0.29, 0.717) is 11.3 Å². The monoisotopic (exact) mass is 506 g/mol. The zero-order valence-corrected chi connectivity index (χ0v) is 19.9. The Bertz CT molecular complexity index is 1340. The highest BCUT2D eigenvalue weighted by Gasteiger charge is 2.44. The lowest BCUT2D eigenvalue weighted by molar-refractivity contribution is -0.274. The fraction of sp³-hybridized carbons (Fsp3) is 0.286. The molecule has 37 heavy (non-hydrogen) atoms. The van der Waals surface area contributed by atoms with Crippen molar-refractivity contribution in [2.45, 2.75) is 43.9 Å². The summed E-state index contributed by atoms with van der Waals surface area (Å²) < 4.78 is 41.1. The number of fused-ring (bicyclic) bond motifs is 2. The van der Waals surface area contributed by atoms with Crippen LogP contribution in [0.1, 0.15) is 43.2 Å². The number of halogens is 3. The predicted octanol–water partition coefficient (Wildman–Crippen LogP) is 7.45. The quantitative estimate of drug-likeness (QED) is 0.385. The molecule has 2 aliphatic rings. The van der Waals surface area contributed by atoms with Gasteiger partial charge in [-0.15, -0.1) is 13.2 Å². The van der Waals surface area contributed by atoms with Gasteiger partial charge in [-0.05, 0) is 66.9 Å². The third-order valence-corrected chi connectivity index (χ3v) is 7.05. The second kappa shape index (κ2) is 9.69. The number of nitrogens with zero attached hydrogens (tertiary/aromatic N) is 2. The van der Waals surface area contributed by atoms with Crippen molar-refractivity contribution in [3.05, 3.63) is 77.9 Å². The summed E-state index contributed by atoms with van der Waals surface area (Å²) in [5.41, 5.74) is 4.40. The Morgan fingerprint density at radius 2 is 1.68 bits per heavy atom. The van der Waals surface area contributed by atoms with Crippen molar-refractivity contribution in [3.8, 4) is 11.8 Å². The van der Waals surface area contributed by atoms with Gasteiger partial charge in [0.2, 0.25) is 0 Å². The highest BCUT2D eigenvalue weighted by atomic mass is 19.4. The van der Waals surface area contributed by atoms with E-state index in [9.17, 15) is 23.2 Å². The molecule has 6 nitrogen and oxygen atoms in total. The van der Waals surface area contributed by atoms with Crippen LogP contribution in [0.25, 0.3) is 0 Å². The van der Waals surface area contributed by atoms with Gasteiger partial charge in [-0.1, -0.05) is 37.5 Å². The lowest BCUT2D eigenvalue weighted by atomic mass is 9.71. The first-order valence-corrected chi connectivity index (χ1v) is 12.1. The largest absolute Gasteiger partial charge is 0.573 e. The molecular formula is C28H25F3N4O2. The second-order valence-electron chi connectivity index (χ2n) is 9.44. The van der Waals surface area contributed by atoms with E-state index in [-0.39, 0.29) is 16.9 Å². The highest BCUT2D eigenvalue weighted by Crippen LogP contribution is 2.52. The van der Waals surface area contributed by atoms with Crippen molar-refractivity contribution in [2.24, 2.45) is 0 Å². The molecule has 1 heterocycles. The Morgan fingerprint density at radius 1 is 0.946 bits per heavy atom. The molecule has 1 saturated carbocycles. The number of ether oxygens (including phenoxy) is 1. The van der Waals surface area contributed by atoms with Gasteiger partial charge >= 0.3 is 12.4 Å². The molecule has 2 amide bonds. The summed E-state index contributed by atoms with van der Waals surface area (Å²) in [7, 11) is 0.